The lowest BCUT2D eigenvalue weighted by Gasteiger charge is -2.28. The Morgan fingerprint density at radius 1 is 1.30 bits per heavy atom. The van der Waals surface area contributed by atoms with Crippen LogP contribution in [0.4, 0.5) is 0 Å². The number of aromatic hydroxyl groups is 1. The van der Waals surface area contributed by atoms with Gasteiger partial charge in [0.1, 0.15) is 5.75 Å². The van der Waals surface area contributed by atoms with Crippen molar-refractivity contribution in [2.75, 3.05) is 0 Å². The number of carboxylic acids is 1. The van der Waals surface area contributed by atoms with E-state index in [-0.39, 0.29) is 18.1 Å². The lowest BCUT2D eigenvalue weighted by atomic mass is 9.92. The molecule has 0 saturated heterocycles. The quantitative estimate of drug-likeness (QED) is 0.691. The Balaban J connectivity index is 2.16. The lowest BCUT2D eigenvalue weighted by molar-refractivity contribution is -0.138. The second-order valence-corrected chi connectivity index (χ2v) is 6.34. The second-order valence-electron chi connectivity index (χ2n) is 5.18. The minimum atomic E-state index is -0.905. The smallest absolute Gasteiger partial charge is 0.305 e. The highest BCUT2D eigenvalue weighted by Gasteiger charge is 2.37. The first-order valence-electron chi connectivity index (χ1n) is 6.45. The molecule has 5 nitrogen and oxygen atoms in total. The molecule has 0 aromatic heterocycles. The molecule has 1 aromatic rings. The van der Waals surface area contributed by atoms with E-state index < -0.39 is 11.5 Å². The van der Waals surface area contributed by atoms with Crippen molar-refractivity contribution in [3.63, 3.8) is 0 Å². The standard InChI is InChI=1S/C14H16INO4/c15-10-4-3-9(7-11(10)17)13(20)16-14(8-12(18)19)5-1-2-6-14/h3-4,7,17H,1-2,5-6,8H2,(H,16,20)(H,18,19). The summed E-state index contributed by atoms with van der Waals surface area (Å²) in [5.41, 5.74) is -0.304. The zero-order valence-corrected chi connectivity index (χ0v) is 13.0. The van der Waals surface area contributed by atoms with Crippen molar-refractivity contribution in [2.24, 2.45) is 0 Å². The van der Waals surface area contributed by atoms with E-state index in [0.29, 0.717) is 22.0 Å². The number of carbonyl (C=O) groups excluding carboxylic acids is 1. The zero-order valence-electron chi connectivity index (χ0n) is 10.9. The van der Waals surface area contributed by atoms with Crippen LogP contribution in [0.25, 0.3) is 0 Å². The van der Waals surface area contributed by atoms with Crippen LogP contribution in [0.5, 0.6) is 5.75 Å². The van der Waals surface area contributed by atoms with Crippen LogP contribution in [0.15, 0.2) is 18.2 Å². The van der Waals surface area contributed by atoms with E-state index in [1.807, 2.05) is 22.6 Å². The summed E-state index contributed by atoms with van der Waals surface area (Å²) < 4.78 is 0.667. The number of aliphatic carboxylic acids is 1. The van der Waals surface area contributed by atoms with Gasteiger partial charge in [0, 0.05) is 5.56 Å². The highest BCUT2D eigenvalue weighted by molar-refractivity contribution is 14.1. The van der Waals surface area contributed by atoms with Crippen molar-refractivity contribution in [2.45, 2.75) is 37.6 Å². The van der Waals surface area contributed by atoms with Gasteiger partial charge >= 0.3 is 5.97 Å². The molecule has 1 saturated carbocycles. The van der Waals surface area contributed by atoms with E-state index in [4.69, 9.17) is 5.11 Å². The number of nitrogens with one attached hydrogen (secondary N) is 1. The molecule has 0 unspecified atom stereocenters. The molecular weight excluding hydrogens is 373 g/mol. The van der Waals surface area contributed by atoms with Crippen molar-refractivity contribution >= 4 is 34.5 Å². The third-order valence-corrected chi connectivity index (χ3v) is 4.55. The van der Waals surface area contributed by atoms with Crippen LogP contribution in [0, 0.1) is 3.57 Å². The monoisotopic (exact) mass is 389 g/mol. The minimum Gasteiger partial charge on any atom is -0.507 e. The van der Waals surface area contributed by atoms with E-state index in [1.54, 1.807) is 12.1 Å². The molecule has 0 radical (unpaired) electrons. The van der Waals surface area contributed by atoms with Crippen molar-refractivity contribution in [3.8, 4) is 5.75 Å². The van der Waals surface area contributed by atoms with Gasteiger partial charge in [-0.05, 0) is 53.6 Å². The molecule has 1 aliphatic carbocycles. The van der Waals surface area contributed by atoms with Crippen LogP contribution in [0.2, 0.25) is 0 Å². The molecular formula is C14H16INO4. The maximum Gasteiger partial charge on any atom is 0.305 e. The van der Waals surface area contributed by atoms with E-state index >= 15 is 0 Å². The van der Waals surface area contributed by atoms with Gasteiger partial charge in [-0.1, -0.05) is 12.8 Å². The molecule has 3 N–H and O–H groups in total. The first-order valence-corrected chi connectivity index (χ1v) is 7.53. The van der Waals surface area contributed by atoms with Crippen molar-refractivity contribution < 1.29 is 19.8 Å². The molecule has 108 valence electrons. The Morgan fingerprint density at radius 2 is 1.95 bits per heavy atom. The number of phenolic OH excluding ortho intramolecular Hbond substituents is 1. The highest BCUT2D eigenvalue weighted by Crippen LogP contribution is 2.33. The Morgan fingerprint density at radius 3 is 2.50 bits per heavy atom. The van der Waals surface area contributed by atoms with Crippen LogP contribution in [0.3, 0.4) is 0 Å². The Labute approximate surface area is 130 Å². The molecule has 0 aliphatic heterocycles. The summed E-state index contributed by atoms with van der Waals surface area (Å²) in [5.74, 6) is -1.19. The lowest BCUT2D eigenvalue weighted by Crippen LogP contribution is -2.47. The second kappa shape index (κ2) is 5.99. The molecule has 1 amide bonds. The molecule has 20 heavy (non-hydrogen) atoms. The zero-order chi connectivity index (χ0) is 14.8. The van der Waals surface area contributed by atoms with Crippen molar-refractivity contribution in [1.29, 1.82) is 0 Å². The summed E-state index contributed by atoms with van der Waals surface area (Å²) in [6.07, 6.45) is 3.15. The number of carboxylic acid groups (broad SMARTS) is 1. The van der Waals surface area contributed by atoms with Crippen LogP contribution >= 0.6 is 22.6 Å². The fourth-order valence-corrected chi connectivity index (χ4v) is 2.99. The third-order valence-electron chi connectivity index (χ3n) is 3.64. The number of hydrogen-bond donors (Lipinski definition) is 3. The molecule has 1 aliphatic rings. The topological polar surface area (TPSA) is 86.6 Å². The fourth-order valence-electron chi connectivity index (χ4n) is 2.65. The summed E-state index contributed by atoms with van der Waals surface area (Å²) in [6, 6.07) is 4.68. The van der Waals surface area contributed by atoms with Crippen molar-refractivity contribution in [1.82, 2.24) is 5.32 Å². The molecule has 2 rings (SSSR count). The maximum atomic E-state index is 12.2. The molecule has 6 heteroatoms. The van der Waals surface area contributed by atoms with Gasteiger partial charge < -0.3 is 15.5 Å². The normalized spacial score (nSPS) is 16.9. The minimum absolute atomic E-state index is 0.0527. The molecule has 0 spiro atoms. The number of amides is 1. The SMILES string of the molecule is O=C(O)CC1(NC(=O)c2ccc(I)c(O)c2)CCCC1. The van der Waals surface area contributed by atoms with Gasteiger partial charge in [-0.2, -0.15) is 0 Å². The van der Waals surface area contributed by atoms with Gasteiger partial charge in [0.25, 0.3) is 5.91 Å². The fraction of sp³-hybridized carbons (Fsp3) is 0.429. The molecule has 1 aromatic carbocycles. The number of carbonyl (C=O) groups is 2. The van der Waals surface area contributed by atoms with Crippen molar-refractivity contribution in [3.05, 3.63) is 27.3 Å². The summed E-state index contributed by atoms with van der Waals surface area (Å²) in [4.78, 5) is 23.2. The van der Waals surface area contributed by atoms with E-state index in [9.17, 15) is 14.7 Å². The summed E-state index contributed by atoms with van der Waals surface area (Å²) >= 11 is 1.97. The van der Waals surface area contributed by atoms with Gasteiger partial charge in [0.05, 0.1) is 15.5 Å². The number of phenols is 1. The largest absolute Gasteiger partial charge is 0.507 e. The number of hydrogen-bond acceptors (Lipinski definition) is 3. The highest BCUT2D eigenvalue weighted by atomic mass is 127. The van der Waals surface area contributed by atoms with Crippen LogP contribution in [0.1, 0.15) is 42.5 Å². The van der Waals surface area contributed by atoms with Gasteiger partial charge in [-0.15, -0.1) is 0 Å². The van der Waals surface area contributed by atoms with Gasteiger partial charge in [0.2, 0.25) is 0 Å². The summed E-state index contributed by atoms with van der Waals surface area (Å²) in [7, 11) is 0. The van der Waals surface area contributed by atoms with E-state index in [0.717, 1.165) is 12.8 Å². The first-order chi connectivity index (χ1) is 9.42. The first kappa shape index (κ1) is 15.1. The predicted octanol–water partition coefficient (Wildman–Crippen LogP) is 2.51. The van der Waals surface area contributed by atoms with Crippen LogP contribution in [-0.4, -0.2) is 27.6 Å². The van der Waals surface area contributed by atoms with Gasteiger partial charge in [-0.25, -0.2) is 0 Å². The molecule has 1 fully saturated rings. The molecule has 0 heterocycles. The molecule has 0 atom stereocenters. The maximum absolute atomic E-state index is 12.2. The van der Waals surface area contributed by atoms with E-state index in [1.165, 1.54) is 6.07 Å². The predicted molar refractivity (Wildman–Crippen MR) is 81.7 cm³/mol. The summed E-state index contributed by atoms with van der Waals surface area (Å²) in [5, 5.41) is 21.5. The number of benzene rings is 1. The molecule has 0 bridgehead atoms. The van der Waals surface area contributed by atoms with Gasteiger partial charge in [-0.3, -0.25) is 9.59 Å². The Kier molecular flexibility index (Phi) is 4.52. The Hall–Kier alpha value is -1.31. The summed E-state index contributed by atoms with van der Waals surface area (Å²) in [6.45, 7) is 0. The average molecular weight is 389 g/mol. The van der Waals surface area contributed by atoms with Crippen LogP contribution in [-0.2, 0) is 4.79 Å². The van der Waals surface area contributed by atoms with E-state index in [2.05, 4.69) is 5.32 Å². The third kappa shape index (κ3) is 3.41. The Bertz CT molecular complexity index is 538. The number of halogens is 1. The number of rotatable bonds is 4. The van der Waals surface area contributed by atoms with Gasteiger partial charge in [0.15, 0.2) is 0 Å². The average Bonchev–Trinajstić information content (AvgIpc) is 2.79. The van der Waals surface area contributed by atoms with Crippen LogP contribution < -0.4 is 5.32 Å².